The quantitative estimate of drug-likeness (QED) is 0.836. The Morgan fingerprint density at radius 2 is 2.07 bits per heavy atom. The van der Waals surface area contributed by atoms with Crippen LogP contribution in [0, 0.1) is 0 Å². The number of benzene rings is 1. The molecule has 0 atom stereocenters. The third kappa shape index (κ3) is 3.84. The highest BCUT2D eigenvalue weighted by Gasteiger charge is 2.01. The molecule has 0 bridgehead atoms. The average molecular weight is 213 g/mol. The molecule has 0 saturated carbocycles. The molecular weight excluding hydrogens is 201 g/mol. The van der Waals surface area contributed by atoms with E-state index in [0.717, 1.165) is 0 Å². The molecule has 1 aromatic carbocycles. The van der Waals surface area contributed by atoms with Gasteiger partial charge in [0.2, 0.25) is 6.86 Å². The first-order chi connectivity index (χ1) is 7.26. The van der Waals surface area contributed by atoms with Crippen molar-refractivity contribution in [3.63, 3.8) is 0 Å². The van der Waals surface area contributed by atoms with Crippen LogP contribution in [-0.4, -0.2) is 19.6 Å². The topological polar surface area (TPSA) is 47.6 Å². The van der Waals surface area contributed by atoms with Gasteiger partial charge in [-0.1, -0.05) is 0 Å². The van der Waals surface area contributed by atoms with Crippen LogP contribution in [-0.2, 0) is 4.74 Å². The molecule has 15 heavy (non-hydrogen) atoms. The highest BCUT2D eigenvalue weighted by Crippen LogP contribution is 2.15. The molecule has 82 valence electrons. The van der Waals surface area contributed by atoms with Gasteiger partial charge in [0.15, 0.2) is 0 Å². The third-order valence-corrected chi connectivity index (χ3v) is 1.60. The third-order valence-electron chi connectivity index (χ3n) is 1.60. The van der Waals surface area contributed by atoms with Gasteiger partial charge in [-0.3, -0.25) is 5.32 Å². The number of hydrogen-bond acceptors (Lipinski definition) is 3. The van der Waals surface area contributed by atoms with Crippen molar-refractivity contribution < 1.29 is 18.7 Å². The summed E-state index contributed by atoms with van der Waals surface area (Å²) < 4.78 is 21.1. The zero-order chi connectivity index (χ0) is 11.1. The van der Waals surface area contributed by atoms with Crippen LogP contribution in [0.1, 0.15) is 6.92 Å². The van der Waals surface area contributed by atoms with Gasteiger partial charge in [0, 0.05) is 5.69 Å². The predicted molar refractivity (Wildman–Crippen MR) is 53.7 cm³/mol. The Labute approximate surface area is 87.0 Å². The van der Waals surface area contributed by atoms with E-state index >= 15 is 0 Å². The van der Waals surface area contributed by atoms with Crippen LogP contribution in [0.4, 0.5) is 14.9 Å². The first-order valence-corrected chi connectivity index (χ1v) is 4.49. The average Bonchev–Trinajstić information content (AvgIpc) is 2.22. The number of rotatable bonds is 4. The van der Waals surface area contributed by atoms with Gasteiger partial charge in [-0.25, -0.2) is 9.18 Å². The van der Waals surface area contributed by atoms with Gasteiger partial charge < -0.3 is 9.47 Å². The van der Waals surface area contributed by atoms with Crippen molar-refractivity contribution >= 4 is 11.8 Å². The molecule has 1 amide bonds. The molecule has 1 aromatic rings. The maximum Gasteiger partial charge on any atom is 0.411 e. The summed E-state index contributed by atoms with van der Waals surface area (Å²) in [7, 11) is 0. The number of carbonyl (C=O) groups is 1. The molecule has 5 heteroatoms. The normalized spacial score (nSPS) is 9.47. The van der Waals surface area contributed by atoms with Crippen LogP contribution < -0.4 is 10.1 Å². The van der Waals surface area contributed by atoms with E-state index in [1.807, 2.05) is 0 Å². The lowest BCUT2D eigenvalue weighted by Crippen LogP contribution is -2.13. The monoisotopic (exact) mass is 213 g/mol. The second-order valence-corrected chi connectivity index (χ2v) is 2.62. The highest BCUT2D eigenvalue weighted by molar-refractivity contribution is 5.84. The van der Waals surface area contributed by atoms with Gasteiger partial charge in [-0.05, 0) is 31.2 Å². The minimum absolute atomic E-state index is 0.314. The lowest BCUT2D eigenvalue weighted by atomic mass is 10.3. The number of carbonyl (C=O) groups excluding carboxylic acids is 1. The van der Waals surface area contributed by atoms with Crippen LogP contribution in [0.2, 0.25) is 0 Å². The Hall–Kier alpha value is -1.78. The molecule has 0 unspecified atom stereocenters. The van der Waals surface area contributed by atoms with E-state index in [4.69, 9.17) is 0 Å². The standard InChI is InChI=1S/C10H12FNO3/c1-2-14-10(13)12-8-3-5-9(6-4-8)15-7-11/h3-6H,2,7H2,1H3,(H,12,13). The molecule has 4 nitrogen and oxygen atoms in total. The van der Waals surface area contributed by atoms with Crippen molar-refractivity contribution in [3.8, 4) is 5.75 Å². The Balaban J connectivity index is 2.52. The van der Waals surface area contributed by atoms with Crippen molar-refractivity contribution in [2.45, 2.75) is 6.92 Å². The molecule has 0 aliphatic heterocycles. The maximum absolute atomic E-state index is 11.8. The molecule has 0 heterocycles. The highest BCUT2D eigenvalue weighted by atomic mass is 19.1. The van der Waals surface area contributed by atoms with Crippen molar-refractivity contribution in [1.82, 2.24) is 0 Å². The molecule has 1 N–H and O–H groups in total. The lowest BCUT2D eigenvalue weighted by Gasteiger charge is -2.06. The van der Waals surface area contributed by atoms with E-state index in [1.54, 1.807) is 31.2 Å². The minimum Gasteiger partial charge on any atom is -0.463 e. The number of nitrogens with one attached hydrogen (secondary N) is 1. The summed E-state index contributed by atoms with van der Waals surface area (Å²) in [6.07, 6.45) is -0.517. The van der Waals surface area contributed by atoms with Crippen LogP contribution in [0.25, 0.3) is 0 Å². The molecule has 0 spiro atoms. The molecule has 0 aliphatic rings. The molecule has 0 fully saturated rings. The summed E-state index contributed by atoms with van der Waals surface area (Å²) >= 11 is 0. The van der Waals surface area contributed by atoms with E-state index < -0.39 is 13.0 Å². The molecule has 0 aromatic heterocycles. The molecular formula is C10H12FNO3. The zero-order valence-electron chi connectivity index (χ0n) is 8.33. The summed E-state index contributed by atoms with van der Waals surface area (Å²) in [6.45, 7) is 1.16. The van der Waals surface area contributed by atoms with E-state index in [0.29, 0.717) is 18.0 Å². The fourth-order valence-corrected chi connectivity index (χ4v) is 0.983. The molecule has 0 radical (unpaired) electrons. The molecule has 1 rings (SSSR count). The number of hydrogen-bond donors (Lipinski definition) is 1. The number of amides is 1. The van der Waals surface area contributed by atoms with E-state index in [2.05, 4.69) is 14.8 Å². The predicted octanol–water partition coefficient (Wildman–Crippen LogP) is 2.56. The first-order valence-electron chi connectivity index (χ1n) is 4.49. The fourth-order valence-electron chi connectivity index (χ4n) is 0.983. The number of alkyl halides is 1. The van der Waals surface area contributed by atoms with Gasteiger partial charge in [0.25, 0.3) is 0 Å². The summed E-state index contributed by atoms with van der Waals surface area (Å²) in [5.74, 6) is 0.409. The molecule has 0 saturated heterocycles. The van der Waals surface area contributed by atoms with Crippen molar-refractivity contribution in [3.05, 3.63) is 24.3 Å². The number of ether oxygens (including phenoxy) is 2. The van der Waals surface area contributed by atoms with Crippen LogP contribution in [0.3, 0.4) is 0 Å². The van der Waals surface area contributed by atoms with Gasteiger partial charge in [-0.15, -0.1) is 0 Å². The zero-order valence-corrected chi connectivity index (χ0v) is 8.33. The van der Waals surface area contributed by atoms with Gasteiger partial charge in [-0.2, -0.15) is 0 Å². The van der Waals surface area contributed by atoms with Gasteiger partial charge >= 0.3 is 6.09 Å². The second kappa shape index (κ2) is 5.85. The Kier molecular flexibility index (Phi) is 4.40. The van der Waals surface area contributed by atoms with Gasteiger partial charge in [0.1, 0.15) is 5.75 Å². The van der Waals surface area contributed by atoms with Gasteiger partial charge in [0.05, 0.1) is 6.61 Å². The second-order valence-electron chi connectivity index (χ2n) is 2.62. The Morgan fingerprint density at radius 3 is 2.60 bits per heavy atom. The van der Waals surface area contributed by atoms with E-state index in [-0.39, 0.29) is 0 Å². The van der Waals surface area contributed by atoms with Crippen LogP contribution in [0.5, 0.6) is 5.75 Å². The summed E-state index contributed by atoms with van der Waals surface area (Å²) in [4.78, 5) is 11.0. The smallest absolute Gasteiger partial charge is 0.411 e. The SMILES string of the molecule is CCOC(=O)Nc1ccc(OCF)cc1. The van der Waals surface area contributed by atoms with E-state index in [9.17, 15) is 9.18 Å². The minimum atomic E-state index is -0.870. The largest absolute Gasteiger partial charge is 0.463 e. The van der Waals surface area contributed by atoms with Crippen molar-refractivity contribution in [1.29, 1.82) is 0 Å². The lowest BCUT2D eigenvalue weighted by molar-refractivity contribution is 0.168. The summed E-state index contributed by atoms with van der Waals surface area (Å²) in [5, 5.41) is 2.50. The Bertz CT molecular complexity index is 313. The first kappa shape index (κ1) is 11.3. The van der Waals surface area contributed by atoms with E-state index in [1.165, 1.54) is 0 Å². The summed E-state index contributed by atoms with van der Waals surface area (Å²) in [5.41, 5.74) is 0.569. The maximum atomic E-state index is 11.8. The van der Waals surface area contributed by atoms with Crippen molar-refractivity contribution in [2.75, 3.05) is 18.8 Å². The number of halogens is 1. The van der Waals surface area contributed by atoms with Crippen LogP contribution >= 0.6 is 0 Å². The molecule has 0 aliphatic carbocycles. The summed E-state index contributed by atoms with van der Waals surface area (Å²) in [6, 6.07) is 6.31. The van der Waals surface area contributed by atoms with Crippen LogP contribution in [0.15, 0.2) is 24.3 Å². The number of anilines is 1. The fraction of sp³-hybridized carbons (Fsp3) is 0.300. The Morgan fingerprint density at radius 1 is 1.40 bits per heavy atom. The van der Waals surface area contributed by atoms with Crippen molar-refractivity contribution in [2.24, 2.45) is 0 Å².